The first-order valence-electron chi connectivity index (χ1n) is 6.05. The van der Waals surface area contributed by atoms with Gasteiger partial charge in [-0.2, -0.15) is 5.21 Å². The van der Waals surface area contributed by atoms with E-state index >= 15 is 0 Å². The summed E-state index contributed by atoms with van der Waals surface area (Å²) < 4.78 is 13.3. The summed E-state index contributed by atoms with van der Waals surface area (Å²) in [5, 5.41) is 24.5. The zero-order valence-electron chi connectivity index (χ0n) is 11.1. The summed E-state index contributed by atoms with van der Waals surface area (Å²) >= 11 is 0. The van der Waals surface area contributed by atoms with E-state index in [2.05, 4.69) is 37.8 Å². The molecule has 0 radical (unpaired) electrons. The predicted octanol–water partition coefficient (Wildman–Crippen LogP) is 0.174. The number of carbonyl (C=O) groups is 1. The Kier molecular flexibility index (Phi) is 4.58. The van der Waals surface area contributed by atoms with Gasteiger partial charge in [0.1, 0.15) is 12.4 Å². The van der Waals surface area contributed by atoms with E-state index in [1.165, 1.54) is 12.1 Å². The van der Waals surface area contributed by atoms with E-state index in [1.807, 2.05) is 0 Å². The van der Waals surface area contributed by atoms with Crippen LogP contribution in [0.2, 0.25) is 0 Å². The molecule has 1 heterocycles. The molecule has 1 aromatic carbocycles. The molecule has 0 bridgehead atoms. The minimum absolute atomic E-state index is 0.0753. The Bertz CT molecular complexity index is 690. The molecule has 1 atom stereocenters. The molecular weight excluding hydrogens is 277 g/mol. The summed E-state index contributed by atoms with van der Waals surface area (Å²) in [6.45, 7) is 1.32. The molecule has 21 heavy (non-hydrogen) atoms. The normalized spacial score (nSPS) is 11.4. The molecule has 1 unspecified atom stereocenters. The predicted molar refractivity (Wildman–Crippen MR) is 70.4 cm³/mol. The van der Waals surface area contributed by atoms with Gasteiger partial charge in [-0.05, 0) is 25.1 Å². The van der Waals surface area contributed by atoms with Crippen molar-refractivity contribution < 1.29 is 14.3 Å². The second-order valence-corrected chi connectivity index (χ2v) is 4.11. The van der Waals surface area contributed by atoms with Crippen LogP contribution in [0.5, 0.6) is 0 Å². The fourth-order valence-electron chi connectivity index (χ4n) is 1.64. The van der Waals surface area contributed by atoms with Crippen LogP contribution < -0.4 is 5.32 Å². The number of halogens is 1. The standard InChI is InChI=1S/C13H12FN5O2/c1-8(12-16-18-19-17-12)15-13(21)11-7-10(14)5-4-9(11)3-2-6-20/h4-5,7-8,20H,6H2,1H3,(H,15,21)(H,16,17,18,19). The van der Waals surface area contributed by atoms with Crippen LogP contribution in [-0.4, -0.2) is 38.2 Å². The van der Waals surface area contributed by atoms with Gasteiger partial charge in [-0.3, -0.25) is 4.79 Å². The number of nitrogens with zero attached hydrogens (tertiary/aromatic N) is 3. The van der Waals surface area contributed by atoms with E-state index in [0.717, 1.165) is 6.07 Å². The third-order valence-corrected chi connectivity index (χ3v) is 2.62. The number of benzene rings is 1. The SMILES string of the molecule is CC(NC(=O)c1cc(F)ccc1C#CCO)c1nn[nH]n1. The number of rotatable bonds is 3. The minimum Gasteiger partial charge on any atom is -0.384 e. The van der Waals surface area contributed by atoms with Crippen molar-refractivity contribution >= 4 is 5.91 Å². The molecule has 2 aromatic rings. The molecule has 108 valence electrons. The highest BCUT2D eigenvalue weighted by atomic mass is 19.1. The third kappa shape index (κ3) is 3.61. The maximum absolute atomic E-state index is 13.3. The highest BCUT2D eigenvalue weighted by molar-refractivity contribution is 5.96. The van der Waals surface area contributed by atoms with E-state index in [0.29, 0.717) is 11.4 Å². The molecule has 0 saturated heterocycles. The number of H-pyrrole nitrogens is 1. The summed E-state index contributed by atoms with van der Waals surface area (Å²) in [5.41, 5.74) is 0.398. The molecule has 7 nitrogen and oxygen atoms in total. The smallest absolute Gasteiger partial charge is 0.253 e. The molecular formula is C13H12FN5O2. The largest absolute Gasteiger partial charge is 0.384 e. The highest BCUT2D eigenvalue weighted by Crippen LogP contribution is 2.13. The number of amides is 1. The van der Waals surface area contributed by atoms with E-state index in [9.17, 15) is 9.18 Å². The van der Waals surface area contributed by atoms with E-state index in [4.69, 9.17) is 5.11 Å². The van der Waals surface area contributed by atoms with Crippen molar-refractivity contribution in [2.45, 2.75) is 13.0 Å². The fourth-order valence-corrected chi connectivity index (χ4v) is 1.64. The number of nitrogens with one attached hydrogen (secondary N) is 2. The average Bonchev–Trinajstić information content (AvgIpc) is 3.00. The lowest BCUT2D eigenvalue weighted by molar-refractivity contribution is 0.0937. The maximum atomic E-state index is 13.3. The zero-order chi connectivity index (χ0) is 15.2. The summed E-state index contributed by atoms with van der Waals surface area (Å²) in [4.78, 5) is 12.2. The fraction of sp³-hybridized carbons (Fsp3) is 0.231. The Hall–Kier alpha value is -2.79. The number of aliphatic hydroxyl groups is 1. The number of carbonyl (C=O) groups excluding carboxylic acids is 1. The summed E-state index contributed by atoms with van der Waals surface area (Å²) in [5.74, 6) is 4.26. The van der Waals surface area contributed by atoms with Crippen molar-refractivity contribution in [3.05, 3.63) is 41.0 Å². The molecule has 0 aliphatic rings. The Morgan fingerprint density at radius 3 is 3.05 bits per heavy atom. The highest BCUT2D eigenvalue weighted by Gasteiger charge is 2.17. The Labute approximate surface area is 119 Å². The van der Waals surface area contributed by atoms with Crippen molar-refractivity contribution in [2.75, 3.05) is 6.61 Å². The molecule has 0 spiro atoms. The van der Waals surface area contributed by atoms with Gasteiger partial charge < -0.3 is 10.4 Å². The lowest BCUT2D eigenvalue weighted by Crippen LogP contribution is -2.28. The summed E-state index contributed by atoms with van der Waals surface area (Å²) in [6.07, 6.45) is 0. The second kappa shape index (κ2) is 6.58. The molecule has 8 heteroatoms. The van der Waals surface area contributed by atoms with Crippen LogP contribution in [0.25, 0.3) is 0 Å². The molecule has 1 aromatic heterocycles. The first kappa shape index (κ1) is 14.6. The number of hydrogen-bond donors (Lipinski definition) is 3. The van der Waals surface area contributed by atoms with Crippen LogP contribution >= 0.6 is 0 Å². The van der Waals surface area contributed by atoms with Crippen molar-refractivity contribution in [3.8, 4) is 11.8 Å². The number of tetrazole rings is 1. The molecule has 1 amide bonds. The van der Waals surface area contributed by atoms with Crippen molar-refractivity contribution in [1.29, 1.82) is 0 Å². The van der Waals surface area contributed by atoms with Gasteiger partial charge in [0.05, 0.1) is 11.6 Å². The minimum atomic E-state index is -0.554. The van der Waals surface area contributed by atoms with Crippen molar-refractivity contribution in [3.63, 3.8) is 0 Å². The molecule has 0 aliphatic heterocycles. The van der Waals surface area contributed by atoms with E-state index < -0.39 is 17.8 Å². The number of aromatic nitrogens is 4. The monoisotopic (exact) mass is 289 g/mol. The molecule has 2 rings (SSSR count). The van der Waals surface area contributed by atoms with Crippen LogP contribution in [0.4, 0.5) is 4.39 Å². The first-order chi connectivity index (χ1) is 10.1. The summed E-state index contributed by atoms with van der Waals surface area (Å²) in [7, 11) is 0. The van der Waals surface area contributed by atoms with Gasteiger partial charge in [-0.1, -0.05) is 17.1 Å². The Balaban J connectivity index is 2.24. The Morgan fingerprint density at radius 1 is 1.57 bits per heavy atom. The third-order valence-electron chi connectivity index (χ3n) is 2.62. The molecule has 0 saturated carbocycles. The number of aliphatic hydroxyl groups excluding tert-OH is 1. The van der Waals surface area contributed by atoms with Gasteiger partial charge in [0, 0.05) is 5.56 Å². The van der Waals surface area contributed by atoms with Gasteiger partial charge in [0.15, 0.2) is 5.82 Å². The molecule has 3 N–H and O–H groups in total. The first-order valence-corrected chi connectivity index (χ1v) is 6.05. The van der Waals surface area contributed by atoms with Crippen molar-refractivity contribution in [1.82, 2.24) is 25.9 Å². The van der Waals surface area contributed by atoms with Crippen molar-refractivity contribution in [2.24, 2.45) is 0 Å². The molecule has 0 aliphatic carbocycles. The second-order valence-electron chi connectivity index (χ2n) is 4.11. The van der Waals surface area contributed by atoms with Crippen LogP contribution in [0.15, 0.2) is 18.2 Å². The summed E-state index contributed by atoms with van der Waals surface area (Å²) in [6, 6.07) is 3.16. The average molecular weight is 289 g/mol. The zero-order valence-corrected chi connectivity index (χ0v) is 11.1. The van der Waals surface area contributed by atoms with Crippen LogP contribution in [-0.2, 0) is 0 Å². The van der Waals surface area contributed by atoms with Gasteiger partial charge in [-0.25, -0.2) is 4.39 Å². The van der Waals surface area contributed by atoms with Gasteiger partial charge in [-0.15, -0.1) is 10.2 Å². The van der Waals surface area contributed by atoms with E-state index in [1.54, 1.807) is 6.92 Å². The van der Waals surface area contributed by atoms with Crippen LogP contribution in [0, 0.1) is 17.7 Å². The van der Waals surface area contributed by atoms with Crippen LogP contribution in [0.3, 0.4) is 0 Å². The van der Waals surface area contributed by atoms with Crippen LogP contribution in [0.1, 0.15) is 34.7 Å². The van der Waals surface area contributed by atoms with E-state index in [-0.39, 0.29) is 12.2 Å². The topological polar surface area (TPSA) is 104 Å². The lowest BCUT2D eigenvalue weighted by atomic mass is 10.1. The number of aromatic amines is 1. The van der Waals surface area contributed by atoms with Gasteiger partial charge in [0.2, 0.25) is 0 Å². The van der Waals surface area contributed by atoms with Gasteiger partial charge >= 0.3 is 0 Å². The Morgan fingerprint density at radius 2 is 2.38 bits per heavy atom. The van der Waals surface area contributed by atoms with Gasteiger partial charge in [0.25, 0.3) is 5.91 Å². The maximum Gasteiger partial charge on any atom is 0.253 e. The quantitative estimate of drug-likeness (QED) is 0.699. The molecule has 0 fully saturated rings. The number of hydrogen-bond acceptors (Lipinski definition) is 5. The lowest BCUT2D eigenvalue weighted by Gasteiger charge is -2.11.